The molecule has 1 amide bonds. The smallest absolute Gasteiger partial charge is 0.241 e. The van der Waals surface area contributed by atoms with Gasteiger partial charge in [-0.15, -0.1) is 0 Å². The molecule has 6 nitrogen and oxygen atoms in total. The third-order valence-electron chi connectivity index (χ3n) is 5.13. The highest BCUT2D eigenvalue weighted by Gasteiger charge is 2.13. The number of ether oxygens (including phenoxy) is 1. The summed E-state index contributed by atoms with van der Waals surface area (Å²) in [6.45, 7) is 2.75. The summed E-state index contributed by atoms with van der Waals surface area (Å²) < 4.78 is 5.22. The third-order valence-corrected chi connectivity index (χ3v) is 5.13. The molecule has 0 spiro atoms. The lowest BCUT2D eigenvalue weighted by Gasteiger charge is -2.21. The van der Waals surface area contributed by atoms with Crippen molar-refractivity contribution in [2.24, 2.45) is 4.99 Å². The number of benzene rings is 3. The number of hydrogen-bond donors (Lipinski definition) is 2. The Morgan fingerprint density at radius 2 is 1.74 bits per heavy atom. The molecule has 3 rings (SSSR count). The molecule has 0 saturated carbocycles. The van der Waals surface area contributed by atoms with Gasteiger partial charge in [0.1, 0.15) is 5.75 Å². The van der Waals surface area contributed by atoms with Gasteiger partial charge < -0.3 is 20.3 Å². The molecule has 0 fully saturated rings. The van der Waals surface area contributed by atoms with Crippen LogP contribution in [0, 0.1) is 0 Å². The van der Waals surface area contributed by atoms with E-state index >= 15 is 0 Å². The fourth-order valence-electron chi connectivity index (χ4n) is 3.28. The Labute approximate surface area is 183 Å². The first kappa shape index (κ1) is 22.2. The second-order valence-electron chi connectivity index (χ2n) is 7.59. The topological polar surface area (TPSA) is 66.0 Å². The second kappa shape index (κ2) is 10.5. The monoisotopic (exact) mass is 418 g/mol. The predicted molar refractivity (Wildman–Crippen MR) is 126 cm³/mol. The van der Waals surface area contributed by atoms with E-state index in [2.05, 4.69) is 47.9 Å². The van der Waals surface area contributed by atoms with E-state index in [1.165, 1.54) is 16.3 Å². The van der Waals surface area contributed by atoms with Crippen molar-refractivity contribution in [1.82, 2.24) is 15.5 Å². The average molecular weight is 419 g/mol. The minimum Gasteiger partial charge on any atom is -0.497 e. The lowest BCUT2D eigenvalue weighted by atomic mass is 10.00. The summed E-state index contributed by atoms with van der Waals surface area (Å²) in [6.07, 6.45) is 0. The fraction of sp³-hybridized carbons (Fsp3) is 0.280. The van der Waals surface area contributed by atoms with E-state index in [4.69, 9.17) is 9.73 Å². The second-order valence-corrected chi connectivity index (χ2v) is 7.59. The highest BCUT2D eigenvalue weighted by Crippen LogP contribution is 2.24. The van der Waals surface area contributed by atoms with Crippen molar-refractivity contribution >= 4 is 22.6 Å². The number of amides is 1. The van der Waals surface area contributed by atoms with E-state index in [9.17, 15) is 4.79 Å². The Kier molecular flexibility index (Phi) is 7.49. The highest BCUT2D eigenvalue weighted by molar-refractivity contribution is 5.89. The number of carbonyl (C=O) groups is 1. The van der Waals surface area contributed by atoms with Crippen LogP contribution in [-0.2, 0) is 11.3 Å². The standard InChI is InChI=1S/C25H30N4O2/c1-18(22-11-7-9-20-8-5-6-10-23(20)22)28-25(27-17-24(30)29(2)3)26-16-19-12-14-21(31-4)15-13-19/h5-15,18H,16-17H2,1-4H3,(H2,26,27,28). The number of guanidine groups is 1. The third kappa shape index (κ3) is 5.98. The summed E-state index contributed by atoms with van der Waals surface area (Å²) in [5.41, 5.74) is 2.23. The van der Waals surface area contributed by atoms with Crippen LogP contribution in [0.15, 0.2) is 71.7 Å². The lowest BCUT2D eigenvalue weighted by molar-refractivity contribution is -0.127. The molecule has 0 bridgehead atoms. The number of likely N-dealkylation sites (N-methyl/N-ethyl adjacent to an activating group) is 1. The molecule has 1 atom stereocenters. The quantitative estimate of drug-likeness (QED) is 0.453. The molecule has 0 heterocycles. The maximum Gasteiger partial charge on any atom is 0.241 e. The van der Waals surface area contributed by atoms with E-state index in [1.807, 2.05) is 36.4 Å². The van der Waals surface area contributed by atoms with Crippen molar-refractivity contribution < 1.29 is 9.53 Å². The summed E-state index contributed by atoms with van der Waals surface area (Å²) in [6, 6.07) is 22.4. The van der Waals surface area contributed by atoms with E-state index in [1.54, 1.807) is 26.1 Å². The predicted octanol–water partition coefficient (Wildman–Crippen LogP) is 3.73. The zero-order valence-electron chi connectivity index (χ0n) is 18.6. The van der Waals surface area contributed by atoms with Crippen molar-refractivity contribution in [2.75, 3.05) is 27.7 Å². The lowest BCUT2D eigenvalue weighted by Crippen LogP contribution is -2.43. The first-order valence-corrected chi connectivity index (χ1v) is 10.3. The summed E-state index contributed by atoms with van der Waals surface area (Å²) in [7, 11) is 5.13. The van der Waals surface area contributed by atoms with Gasteiger partial charge in [0.15, 0.2) is 5.96 Å². The van der Waals surface area contributed by atoms with Gasteiger partial charge in [-0.05, 0) is 41.0 Å². The zero-order chi connectivity index (χ0) is 22.2. The first-order chi connectivity index (χ1) is 15.0. The SMILES string of the molecule is COc1ccc(CN=C(NCC(=O)N(C)C)NC(C)c2cccc3ccccc23)cc1. The number of nitrogens with one attached hydrogen (secondary N) is 2. The van der Waals surface area contributed by atoms with Crippen molar-refractivity contribution in [2.45, 2.75) is 19.5 Å². The maximum absolute atomic E-state index is 12.1. The van der Waals surface area contributed by atoms with Gasteiger partial charge in [-0.25, -0.2) is 4.99 Å². The molecule has 0 aliphatic carbocycles. The largest absolute Gasteiger partial charge is 0.497 e. The molecule has 3 aromatic carbocycles. The Bertz CT molecular complexity index is 1040. The van der Waals surface area contributed by atoms with Crippen LogP contribution in [0.4, 0.5) is 0 Å². The van der Waals surface area contributed by atoms with Crippen LogP contribution in [0.2, 0.25) is 0 Å². The molecule has 1 unspecified atom stereocenters. The maximum atomic E-state index is 12.1. The van der Waals surface area contributed by atoms with Gasteiger partial charge >= 0.3 is 0 Å². The van der Waals surface area contributed by atoms with Gasteiger partial charge in [-0.2, -0.15) is 0 Å². The molecule has 3 aromatic rings. The highest BCUT2D eigenvalue weighted by atomic mass is 16.5. The Balaban J connectivity index is 1.79. The number of nitrogens with zero attached hydrogens (tertiary/aromatic N) is 2. The van der Waals surface area contributed by atoms with Crippen molar-refractivity contribution in [3.05, 3.63) is 77.9 Å². The van der Waals surface area contributed by atoms with Crippen LogP contribution >= 0.6 is 0 Å². The van der Waals surface area contributed by atoms with Crippen LogP contribution in [-0.4, -0.2) is 44.5 Å². The molecular weight excluding hydrogens is 388 g/mol. The Hall–Kier alpha value is -3.54. The van der Waals surface area contributed by atoms with Gasteiger partial charge in [0, 0.05) is 14.1 Å². The molecule has 31 heavy (non-hydrogen) atoms. The number of aliphatic imine (C=N–C) groups is 1. The zero-order valence-corrected chi connectivity index (χ0v) is 18.6. The first-order valence-electron chi connectivity index (χ1n) is 10.3. The molecule has 0 aliphatic rings. The molecule has 0 saturated heterocycles. The number of methoxy groups -OCH3 is 1. The molecular formula is C25H30N4O2. The average Bonchev–Trinajstić information content (AvgIpc) is 2.80. The van der Waals surface area contributed by atoms with Crippen LogP contribution in [0.3, 0.4) is 0 Å². The summed E-state index contributed by atoms with van der Waals surface area (Å²) in [5.74, 6) is 1.38. The van der Waals surface area contributed by atoms with Gasteiger partial charge in [0.25, 0.3) is 0 Å². The number of fused-ring (bicyclic) bond motifs is 1. The van der Waals surface area contributed by atoms with Crippen LogP contribution < -0.4 is 15.4 Å². The van der Waals surface area contributed by atoms with Gasteiger partial charge in [-0.1, -0.05) is 54.6 Å². The van der Waals surface area contributed by atoms with E-state index in [0.717, 1.165) is 11.3 Å². The van der Waals surface area contributed by atoms with Gasteiger partial charge in [0.2, 0.25) is 5.91 Å². The molecule has 2 N–H and O–H groups in total. The summed E-state index contributed by atoms with van der Waals surface area (Å²) in [4.78, 5) is 18.4. The van der Waals surface area contributed by atoms with Crippen molar-refractivity contribution in [3.8, 4) is 5.75 Å². The minimum atomic E-state index is -0.0169. The van der Waals surface area contributed by atoms with Gasteiger partial charge in [0.05, 0.1) is 26.2 Å². The Morgan fingerprint density at radius 3 is 2.45 bits per heavy atom. The van der Waals surface area contributed by atoms with Crippen molar-refractivity contribution in [3.63, 3.8) is 0 Å². The number of hydrogen-bond acceptors (Lipinski definition) is 3. The van der Waals surface area contributed by atoms with E-state index in [0.29, 0.717) is 12.5 Å². The molecule has 0 radical (unpaired) electrons. The summed E-state index contributed by atoms with van der Waals surface area (Å²) in [5, 5.41) is 9.01. The van der Waals surface area contributed by atoms with Crippen LogP contribution in [0.25, 0.3) is 10.8 Å². The van der Waals surface area contributed by atoms with Crippen LogP contribution in [0.5, 0.6) is 5.75 Å². The van der Waals surface area contributed by atoms with E-state index < -0.39 is 0 Å². The molecule has 0 aliphatic heterocycles. The summed E-state index contributed by atoms with van der Waals surface area (Å²) >= 11 is 0. The molecule has 6 heteroatoms. The van der Waals surface area contributed by atoms with Crippen molar-refractivity contribution in [1.29, 1.82) is 0 Å². The van der Waals surface area contributed by atoms with Gasteiger partial charge in [-0.3, -0.25) is 4.79 Å². The molecule has 162 valence electrons. The van der Waals surface area contributed by atoms with E-state index in [-0.39, 0.29) is 18.5 Å². The Morgan fingerprint density at radius 1 is 1.03 bits per heavy atom. The normalized spacial score (nSPS) is 12.3. The number of rotatable bonds is 7. The van der Waals surface area contributed by atoms with Crippen LogP contribution in [0.1, 0.15) is 24.1 Å². The minimum absolute atomic E-state index is 0.00248. The fourth-order valence-corrected chi connectivity index (χ4v) is 3.28. The number of carbonyl (C=O) groups excluding carboxylic acids is 1. The molecule has 0 aromatic heterocycles.